The average Bonchev–Trinajstić information content (AvgIpc) is 2.72. The summed E-state index contributed by atoms with van der Waals surface area (Å²) in [5.41, 5.74) is 8.03. The van der Waals surface area contributed by atoms with Crippen molar-refractivity contribution in [1.82, 2.24) is 9.97 Å². The molecular formula is C18H12ClFN4O. The minimum Gasteiger partial charge on any atom is -0.369 e. The van der Waals surface area contributed by atoms with Gasteiger partial charge in [0.25, 0.3) is 5.56 Å². The maximum absolute atomic E-state index is 14.4. The summed E-state index contributed by atoms with van der Waals surface area (Å²) in [6.07, 6.45) is 0. The van der Waals surface area contributed by atoms with Gasteiger partial charge in [-0.1, -0.05) is 29.8 Å². The van der Waals surface area contributed by atoms with E-state index >= 15 is 0 Å². The molecule has 3 N–H and O–H groups in total. The SMILES string of the molecule is Nc1nc2c(c(=O)[nH]1)-c1ccc(Cl)cc1C(c1ccccc1F)=NC2. The molecule has 25 heavy (non-hydrogen) atoms. The molecule has 0 atom stereocenters. The van der Waals surface area contributed by atoms with Gasteiger partial charge >= 0.3 is 0 Å². The largest absolute Gasteiger partial charge is 0.369 e. The molecule has 0 aliphatic carbocycles. The summed E-state index contributed by atoms with van der Waals surface area (Å²) >= 11 is 6.14. The zero-order valence-electron chi connectivity index (χ0n) is 12.9. The minimum absolute atomic E-state index is 0.0174. The number of H-pyrrole nitrogens is 1. The molecule has 2 aromatic carbocycles. The first-order valence-corrected chi connectivity index (χ1v) is 7.90. The van der Waals surface area contributed by atoms with E-state index < -0.39 is 5.82 Å². The van der Waals surface area contributed by atoms with Crippen molar-refractivity contribution < 1.29 is 4.39 Å². The number of nitrogen functional groups attached to an aromatic ring is 1. The Balaban J connectivity index is 2.07. The maximum Gasteiger partial charge on any atom is 0.260 e. The second-order valence-electron chi connectivity index (χ2n) is 5.61. The lowest BCUT2D eigenvalue weighted by atomic mass is 9.94. The van der Waals surface area contributed by atoms with E-state index in [1.54, 1.807) is 36.4 Å². The normalized spacial score (nSPS) is 12.8. The molecule has 0 saturated carbocycles. The summed E-state index contributed by atoms with van der Waals surface area (Å²) in [5.74, 6) is -0.386. The number of halogens is 2. The van der Waals surface area contributed by atoms with Gasteiger partial charge in [0, 0.05) is 16.1 Å². The zero-order chi connectivity index (χ0) is 17.6. The molecule has 0 unspecified atom stereocenters. The summed E-state index contributed by atoms with van der Waals surface area (Å²) < 4.78 is 14.4. The third kappa shape index (κ3) is 2.60. The second-order valence-corrected chi connectivity index (χ2v) is 6.04. The number of hydrogen-bond donors (Lipinski definition) is 2. The van der Waals surface area contributed by atoms with Crippen molar-refractivity contribution in [1.29, 1.82) is 0 Å². The Morgan fingerprint density at radius 3 is 2.72 bits per heavy atom. The number of aromatic nitrogens is 2. The summed E-state index contributed by atoms with van der Waals surface area (Å²) in [4.78, 5) is 23.7. The molecule has 1 aliphatic rings. The Hall–Kier alpha value is -2.99. The van der Waals surface area contributed by atoms with Crippen LogP contribution in [0.1, 0.15) is 16.8 Å². The van der Waals surface area contributed by atoms with E-state index in [4.69, 9.17) is 17.3 Å². The molecule has 3 aromatic rings. The molecule has 0 spiro atoms. The number of aliphatic imine (C=N–C) groups is 1. The van der Waals surface area contributed by atoms with Crippen LogP contribution in [0.15, 0.2) is 52.3 Å². The number of benzene rings is 2. The topological polar surface area (TPSA) is 84.1 Å². The Kier molecular flexibility index (Phi) is 3.62. The highest BCUT2D eigenvalue weighted by atomic mass is 35.5. The highest BCUT2D eigenvalue weighted by Gasteiger charge is 2.24. The molecule has 0 fully saturated rings. The number of aromatic amines is 1. The van der Waals surface area contributed by atoms with E-state index in [0.29, 0.717) is 38.7 Å². The van der Waals surface area contributed by atoms with E-state index in [0.717, 1.165) is 0 Å². The van der Waals surface area contributed by atoms with Crippen molar-refractivity contribution in [3.8, 4) is 11.1 Å². The number of hydrogen-bond acceptors (Lipinski definition) is 4. The van der Waals surface area contributed by atoms with Gasteiger partial charge in [0.15, 0.2) is 0 Å². The van der Waals surface area contributed by atoms with Crippen LogP contribution in [0.25, 0.3) is 11.1 Å². The fourth-order valence-electron chi connectivity index (χ4n) is 2.98. The fraction of sp³-hybridized carbons (Fsp3) is 0.0556. The molecule has 7 heteroatoms. The number of nitrogens with zero attached hydrogens (tertiary/aromatic N) is 2. The van der Waals surface area contributed by atoms with Crippen LogP contribution < -0.4 is 11.3 Å². The van der Waals surface area contributed by atoms with Crippen LogP contribution >= 0.6 is 11.6 Å². The summed E-state index contributed by atoms with van der Waals surface area (Å²) in [5, 5.41) is 0.464. The molecule has 0 bridgehead atoms. The van der Waals surface area contributed by atoms with Crippen LogP contribution in [0.4, 0.5) is 10.3 Å². The minimum atomic E-state index is -0.403. The fourth-order valence-corrected chi connectivity index (χ4v) is 3.16. The summed E-state index contributed by atoms with van der Waals surface area (Å²) in [7, 11) is 0. The smallest absolute Gasteiger partial charge is 0.260 e. The lowest BCUT2D eigenvalue weighted by Crippen LogP contribution is -2.17. The molecule has 5 nitrogen and oxygen atoms in total. The number of nitrogens with two attached hydrogens (primary N) is 1. The predicted octanol–water partition coefficient (Wildman–Crippen LogP) is 3.16. The van der Waals surface area contributed by atoms with Gasteiger partial charge in [-0.3, -0.25) is 14.8 Å². The monoisotopic (exact) mass is 354 g/mol. The van der Waals surface area contributed by atoms with Gasteiger partial charge in [-0.25, -0.2) is 9.37 Å². The van der Waals surface area contributed by atoms with Gasteiger partial charge in [-0.05, 0) is 29.8 Å². The molecule has 124 valence electrons. The van der Waals surface area contributed by atoms with Gasteiger partial charge < -0.3 is 5.73 Å². The Morgan fingerprint density at radius 2 is 1.92 bits per heavy atom. The molecule has 0 saturated heterocycles. The van der Waals surface area contributed by atoms with E-state index in [1.807, 2.05) is 0 Å². The van der Waals surface area contributed by atoms with Crippen LogP contribution in [0, 0.1) is 5.82 Å². The van der Waals surface area contributed by atoms with Crippen LogP contribution in [0.5, 0.6) is 0 Å². The first kappa shape index (κ1) is 15.5. The number of nitrogens with one attached hydrogen (secondary N) is 1. The van der Waals surface area contributed by atoms with Gasteiger partial charge in [0.1, 0.15) is 5.82 Å². The van der Waals surface area contributed by atoms with Gasteiger partial charge in [-0.2, -0.15) is 0 Å². The molecule has 2 heterocycles. The predicted molar refractivity (Wildman–Crippen MR) is 95.5 cm³/mol. The van der Waals surface area contributed by atoms with Crippen molar-refractivity contribution in [2.75, 3.05) is 5.73 Å². The first-order chi connectivity index (χ1) is 12.0. The summed E-state index contributed by atoms with van der Waals surface area (Å²) in [6.45, 7) is 0.111. The maximum atomic E-state index is 14.4. The Labute approximate surface area is 147 Å². The number of rotatable bonds is 1. The highest BCUT2D eigenvalue weighted by molar-refractivity contribution is 6.31. The number of anilines is 1. The van der Waals surface area contributed by atoms with Crippen LogP contribution in [-0.2, 0) is 6.54 Å². The molecule has 1 aliphatic heterocycles. The average molecular weight is 355 g/mol. The molecule has 4 rings (SSSR count). The third-order valence-corrected chi connectivity index (χ3v) is 4.27. The van der Waals surface area contributed by atoms with Gasteiger partial charge in [0.05, 0.1) is 23.5 Å². The number of fused-ring (bicyclic) bond motifs is 3. The lowest BCUT2D eigenvalue weighted by molar-refractivity contribution is 0.625. The molecular weight excluding hydrogens is 343 g/mol. The Morgan fingerprint density at radius 1 is 1.12 bits per heavy atom. The van der Waals surface area contributed by atoms with Crippen molar-refractivity contribution in [3.05, 3.63) is 80.5 Å². The molecule has 1 aromatic heterocycles. The molecule has 0 amide bonds. The van der Waals surface area contributed by atoms with Crippen LogP contribution in [0.2, 0.25) is 5.02 Å². The molecule has 0 radical (unpaired) electrons. The van der Waals surface area contributed by atoms with Crippen LogP contribution in [0.3, 0.4) is 0 Å². The van der Waals surface area contributed by atoms with Gasteiger partial charge in [0.2, 0.25) is 5.95 Å². The standard InChI is InChI=1S/C18H12ClFN4O/c19-9-5-6-10-12(7-9)16(11-3-1-2-4-13(11)20)22-8-14-15(10)17(25)24-18(21)23-14/h1-7H,8H2,(H3,21,23,24,25). The van der Waals surface area contributed by atoms with Crippen molar-refractivity contribution >= 4 is 23.3 Å². The van der Waals surface area contributed by atoms with E-state index in [2.05, 4.69) is 15.0 Å². The third-order valence-electron chi connectivity index (χ3n) is 4.03. The second kappa shape index (κ2) is 5.82. The van der Waals surface area contributed by atoms with Crippen LogP contribution in [-0.4, -0.2) is 15.7 Å². The Bertz CT molecular complexity index is 1090. The summed E-state index contributed by atoms with van der Waals surface area (Å²) in [6, 6.07) is 11.4. The van der Waals surface area contributed by atoms with Crippen molar-refractivity contribution in [2.24, 2.45) is 4.99 Å². The lowest BCUT2D eigenvalue weighted by Gasteiger charge is -2.12. The first-order valence-electron chi connectivity index (χ1n) is 7.53. The van der Waals surface area contributed by atoms with E-state index in [9.17, 15) is 9.18 Å². The van der Waals surface area contributed by atoms with Crippen molar-refractivity contribution in [3.63, 3.8) is 0 Å². The van der Waals surface area contributed by atoms with E-state index in [1.165, 1.54) is 6.07 Å². The quantitative estimate of drug-likeness (QED) is 0.704. The van der Waals surface area contributed by atoms with Crippen molar-refractivity contribution in [2.45, 2.75) is 6.54 Å². The zero-order valence-corrected chi connectivity index (χ0v) is 13.6. The van der Waals surface area contributed by atoms with Gasteiger partial charge in [-0.15, -0.1) is 0 Å². The van der Waals surface area contributed by atoms with E-state index in [-0.39, 0.29) is 18.1 Å². The highest BCUT2D eigenvalue weighted by Crippen LogP contribution is 2.32.